The number of ether oxygens (including phenoxy) is 3. The number of methoxy groups -OCH3 is 3. The van der Waals surface area contributed by atoms with Gasteiger partial charge in [0.15, 0.2) is 11.5 Å². The van der Waals surface area contributed by atoms with E-state index in [2.05, 4.69) is 20.9 Å². The van der Waals surface area contributed by atoms with E-state index in [1.54, 1.807) is 21.3 Å². The number of halogens is 1. The minimum absolute atomic E-state index is 0.573. The van der Waals surface area contributed by atoms with Crippen molar-refractivity contribution in [2.45, 2.75) is 0 Å². The smallest absolute Gasteiger partial charge is 0.203 e. The minimum Gasteiger partial charge on any atom is -0.493 e. The van der Waals surface area contributed by atoms with Crippen LogP contribution in [0, 0.1) is 0 Å². The Labute approximate surface area is 120 Å². The second kappa shape index (κ2) is 5.93. The van der Waals surface area contributed by atoms with E-state index >= 15 is 0 Å². The average Bonchev–Trinajstić information content (AvgIpc) is 2.45. The average molecular weight is 324 g/mol. The van der Waals surface area contributed by atoms with Gasteiger partial charge in [-0.3, -0.25) is 0 Å². The summed E-state index contributed by atoms with van der Waals surface area (Å²) in [5.74, 6) is 1.79. The highest BCUT2D eigenvalue weighted by Crippen LogP contribution is 2.40. The molecule has 0 unspecified atom stereocenters. The Morgan fingerprint density at radius 1 is 0.947 bits per heavy atom. The van der Waals surface area contributed by atoms with E-state index in [4.69, 9.17) is 14.2 Å². The van der Waals surface area contributed by atoms with Gasteiger partial charge in [-0.25, -0.2) is 4.98 Å². The molecular weight excluding hydrogens is 310 g/mol. The first-order valence-corrected chi connectivity index (χ1v) is 6.42. The molecule has 100 valence electrons. The molecule has 5 heteroatoms. The molecule has 4 nitrogen and oxygen atoms in total. The number of rotatable bonds is 4. The van der Waals surface area contributed by atoms with Gasteiger partial charge in [0.1, 0.15) is 4.60 Å². The Balaban J connectivity index is 2.59. The van der Waals surface area contributed by atoms with Crippen LogP contribution in [-0.2, 0) is 0 Å². The van der Waals surface area contributed by atoms with Crippen molar-refractivity contribution in [2.75, 3.05) is 21.3 Å². The van der Waals surface area contributed by atoms with E-state index in [9.17, 15) is 0 Å². The Bertz CT molecular complexity index is 562. The van der Waals surface area contributed by atoms with Crippen molar-refractivity contribution in [3.63, 3.8) is 0 Å². The summed E-state index contributed by atoms with van der Waals surface area (Å²) < 4.78 is 16.7. The predicted molar refractivity (Wildman–Crippen MR) is 77.0 cm³/mol. The van der Waals surface area contributed by atoms with Crippen LogP contribution in [-0.4, -0.2) is 26.3 Å². The van der Waals surface area contributed by atoms with Gasteiger partial charge in [0, 0.05) is 5.56 Å². The largest absolute Gasteiger partial charge is 0.493 e. The Kier molecular flexibility index (Phi) is 4.27. The Hall–Kier alpha value is -1.75. The van der Waals surface area contributed by atoms with Crippen molar-refractivity contribution >= 4 is 15.9 Å². The first kappa shape index (κ1) is 13.7. The second-order valence-corrected chi connectivity index (χ2v) is 4.57. The molecule has 0 fully saturated rings. The molecule has 2 aromatic rings. The third-order valence-corrected chi connectivity index (χ3v) is 3.12. The SMILES string of the molecule is COc1cc(-c2cccc(Br)n2)cc(OC)c1OC. The minimum atomic E-state index is 0.573. The van der Waals surface area contributed by atoms with Gasteiger partial charge in [0.05, 0.1) is 27.0 Å². The summed E-state index contributed by atoms with van der Waals surface area (Å²) >= 11 is 3.36. The van der Waals surface area contributed by atoms with Crippen molar-refractivity contribution in [3.8, 4) is 28.5 Å². The van der Waals surface area contributed by atoms with Gasteiger partial charge in [-0.2, -0.15) is 0 Å². The number of aromatic nitrogens is 1. The van der Waals surface area contributed by atoms with Crippen LogP contribution in [0.15, 0.2) is 34.9 Å². The molecule has 1 aromatic heterocycles. The van der Waals surface area contributed by atoms with Gasteiger partial charge >= 0.3 is 0 Å². The lowest BCUT2D eigenvalue weighted by atomic mass is 10.1. The standard InChI is InChI=1S/C14H14BrNO3/c1-17-11-7-9(8-12(18-2)14(11)19-3)10-5-4-6-13(15)16-10/h4-8H,1-3H3. The molecule has 0 saturated carbocycles. The van der Waals surface area contributed by atoms with Crippen molar-refractivity contribution < 1.29 is 14.2 Å². The fourth-order valence-corrected chi connectivity index (χ4v) is 2.14. The molecule has 19 heavy (non-hydrogen) atoms. The third kappa shape index (κ3) is 2.81. The lowest BCUT2D eigenvalue weighted by molar-refractivity contribution is 0.324. The van der Waals surface area contributed by atoms with Gasteiger partial charge < -0.3 is 14.2 Å². The second-order valence-electron chi connectivity index (χ2n) is 3.76. The highest BCUT2D eigenvalue weighted by Gasteiger charge is 2.14. The molecule has 0 radical (unpaired) electrons. The highest BCUT2D eigenvalue weighted by atomic mass is 79.9. The molecule has 0 bridgehead atoms. The monoisotopic (exact) mass is 323 g/mol. The van der Waals surface area contributed by atoms with Crippen molar-refractivity contribution in [2.24, 2.45) is 0 Å². The quantitative estimate of drug-likeness (QED) is 0.807. The van der Waals surface area contributed by atoms with E-state index in [0.717, 1.165) is 15.9 Å². The van der Waals surface area contributed by atoms with Crippen molar-refractivity contribution in [1.29, 1.82) is 0 Å². The summed E-state index contributed by atoms with van der Waals surface area (Å²) in [6.45, 7) is 0. The third-order valence-electron chi connectivity index (χ3n) is 2.68. The summed E-state index contributed by atoms with van der Waals surface area (Å²) in [4.78, 5) is 4.41. The van der Waals surface area contributed by atoms with E-state index in [-0.39, 0.29) is 0 Å². The predicted octanol–water partition coefficient (Wildman–Crippen LogP) is 3.54. The van der Waals surface area contributed by atoms with Gasteiger partial charge in [0.2, 0.25) is 5.75 Å². The zero-order valence-corrected chi connectivity index (χ0v) is 12.5. The first-order chi connectivity index (χ1) is 9.19. The maximum absolute atomic E-state index is 5.33. The van der Waals surface area contributed by atoms with Crippen LogP contribution in [0.4, 0.5) is 0 Å². The Morgan fingerprint density at radius 2 is 1.58 bits per heavy atom. The number of hydrogen-bond donors (Lipinski definition) is 0. The van der Waals surface area contributed by atoms with Gasteiger partial charge in [-0.1, -0.05) is 6.07 Å². The van der Waals surface area contributed by atoms with Crippen LogP contribution in [0.1, 0.15) is 0 Å². The molecule has 0 N–H and O–H groups in total. The van der Waals surface area contributed by atoms with Gasteiger partial charge in [-0.15, -0.1) is 0 Å². The van der Waals surface area contributed by atoms with E-state index in [0.29, 0.717) is 17.2 Å². The summed E-state index contributed by atoms with van der Waals surface area (Å²) in [6, 6.07) is 9.47. The molecule has 0 aliphatic heterocycles. The van der Waals surface area contributed by atoms with Gasteiger partial charge in [-0.05, 0) is 40.2 Å². The lowest BCUT2D eigenvalue weighted by Gasteiger charge is -2.14. The molecule has 0 atom stereocenters. The number of pyridine rings is 1. The maximum Gasteiger partial charge on any atom is 0.203 e. The molecule has 0 spiro atoms. The summed E-state index contributed by atoms with van der Waals surface area (Å²) in [7, 11) is 4.77. The lowest BCUT2D eigenvalue weighted by Crippen LogP contribution is -1.96. The summed E-state index contributed by atoms with van der Waals surface area (Å²) in [6.07, 6.45) is 0. The van der Waals surface area contributed by atoms with Crippen molar-refractivity contribution in [1.82, 2.24) is 4.98 Å². The number of hydrogen-bond acceptors (Lipinski definition) is 4. The molecule has 1 aromatic carbocycles. The van der Waals surface area contributed by atoms with Gasteiger partial charge in [0.25, 0.3) is 0 Å². The molecule has 0 aliphatic carbocycles. The number of nitrogens with zero attached hydrogens (tertiary/aromatic N) is 1. The van der Waals surface area contributed by atoms with E-state index < -0.39 is 0 Å². The van der Waals surface area contributed by atoms with Crippen LogP contribution in [0.2, 0.25) is 0 Å². The highest BCUT2D eigenvalue weighted by molar-refractivity contribution is 9.10. The van der Waals surface area contributed by atoms with Crippen LogP contribution in [0.25, 0.3) is 11.3 Å². The summed E-state index contributed by atoms with van der Waals surface area (Å²) in [5, 5.41) is 0. The molecule has 0 aliphatic rings. The Morgan fingerprint density at radius 3 is 2.05 bits per heavy atom. The van der Waals surface area contributed by atoms with Crippen LogP contribution < -0.4 is 14.2 Å². The van der Waals surface area contributed by atoms with Crippen LogP contribution >= 0.6 is 15.9 Å². The maximum atomic E-state index is 5.33. The molecular formula is C14H14BrNO3. The first-order valence-electron chi connectivity index (χ1n) is 5.62. The fraction of sp³-hybridized carbons (Fsp3) is 0.214. The van der Waals surface area contributed by atoms with Crippen molar-refractivity contribution in [3.05, 3.63) is 34.9 Å². The normalized spacial score (nSPS) is 10.1. The molecule has 2 rings (SSSR count). The van der Waals surface area contributed by atoms with Crippen LogP contribution in [0.5, 0.6) is 17.2 Å². The van der Waals surface area contributed by atoms with E-state index in [1.807, 2.05) is 30.3 Å². The molecule has 0 saturated heterocycles. The van der Waals surface area contributed by atoms with Crippen LogP contribution in [0.3, 0.4) is 0 Å². The number of benzene rings is 1. The fourth-order valence-electron chi connectivity index (χ4n) is 1.80. The topological polar surface area (TPSA) is 40.6 Å². The molecule has 1 heterocycles. The molecule has 0 amide bonds. The summed E-state index contributed by atoms with van der Waals surface area (Å²) in [5.41, 5.74) is 1.73. The zero-order chi connectivity index (χ0) is 13.8. The van der Waals surface area contributed by atoms with E-state index in [1.165, 1.54) is 0 Å². The zero-order valence-electron chi connectivity index (χ0n) is 10.9.